The van der Waals surface area contributed by atoms with Crippen LogP contribution in [0.25, 0.3) is 0 Å². The zero-order chi connectivity index (χ0) is 12.3. The van der Waals surface area contributed by atoms with Crippen LogP contribution in [0.1, 0.15) is 33.3 Å². The minimum Gasteiger partial charge on any atom is -0.347 e. The van der Waals surface area contributed by atoms with Crippen molar-refractivity contribution in [2.75, 3.05) is 5.32 Å². The van der Waals surface area contributed by atoms with Gasteiger partial charge in [0.25, 0.3) is 0 Å². The van der Waals surface area contributed by atoms with Crippen molar-refractivity contribution in [3.8, 4) is 0 Å². The lowest BCUT2D eigenvalue weighted by molar-refractivity contribution is -0.114. The van der Waals surface area contributed by atoms with Gasteiger partial charge in [0.1, 0.15) is 0 Å². The first-order valence-corrected chi connectivity index (χ1v) is 5.44. The maximum Gasteiger partial charge on any atom is 0.221 e. The normalized spacial score (nSPS) is 11.2. The summed E-state index contributed by atoms with van der Waals surface area (Å²) in [5.41, 5.74) is 1.99. The van der Waals surface area contributed by atoms with Gasteiger partial charge in [0.15, 0.2) is 0 Å². The van der Waals surface area contributed by atoms with Crippen LogP contribution in [0.4, 0.5) is 5.69 Å². The second-order valence-corrected chi connectivity index (χ2v) is 4.95. The number of anilines is 1. The predicted molar refractivity (Wildman–Crippen MR) is 67.6 cm³/mol. The summed E-state index contributed by atoms with van der Waals surface area (Å²) in [6.45, 7) is 11.6. The Morgan fingerprint density at radius 2 is 2.12 bits per heavy atom. The Morgan fingerprint density at radius 3 is 2.56 bits per heavy atom. The maximum atomic E-state index is 11.1. The van der Waals surface area contributed by atoms with E-state index in [1.165, 1.54) is 6.92 Å². The lowest BCUT2D eigenvalue weighted by Gasteiger charge is -2.20. The molecule has 16 heavy (non-hydrogen) atoms. The smallest absolute Gasteiger partial charge is 0.221 e. The number of carbonyl (C=O) groups excluding carboxylic acids is 1. The fraction of sp³-hybridized carbons (Fsp3) is 0.462. The van der Waals surface area contributed by atoms with Gasteiger partial charge in [-0.05, 0) is 32.8 Å². The van der Waals surface area contributed by atoms with Crippen molar-refractivity contribution < 1.29 is 4.79 Å². The molecule has 0 saturated heterocycles. The molecule has 1 aromatic rings. The van der Waals surface area contributed by atoms with Crippen LogP contribution in [-0.2, 0) is 16.8 Å². The van der Waals surface area contributed by atoms with E-state index in [2.05, 4.69) is 43.4 Å². The summed E-state index contributed by atoms with van der Waals surface area (Å²) in [6.07, 6.45) is 6.64. The molecule has 0 aliphatic heterocycles. The molecule has 0 radical (unpaired) electrons. The summed E-state index contributed by atoms with van der Waals surface area (Å²) in [4.78, 5) is 11.1. The van der Waals surface area contributed by atoms with Gasteiger partial charge in [-0.2, -0.15) is 0 Å². The summed E-state index contributed by atoms with van der Waals surface area (Å²) in [6, 6.07) is 0. The van der Waals surface area contributed by atoms with E-state index in [4.69, 9.17) is 0 Å². The van der Waals surface area contributed by atoms with Gasteiger partial charge in [-0.3, -0.25) is 4.79 Å². The van der Waals surface area contributed by atoms with Crippen molar-refractivity contribution in [3.63, 3.8) is 0 Å². The quantitative estimate of drug-likeness (QED) is 0.781. The lowest BCUT2D eigenvalue weighted by atomic mass is 10.1. The first kappa shape index (κ1) is 12.6. The van der Waals surface area contributed by atoms with Gasteiger partial charge in [0, 0.05) is 24.9 Å². The van der Waals surface area contributed by atoms with Crippen molar-refractivity contribution in [3.05, 3.63) is 30.6 Å². The molecule has 0 saturated carbocycles. The van der Waals surface area contributed by atoms with Gasteiger partial charge in [0.05, 0.1) is 5.69 Å². The highest BCUT2D eigenvalue weighted by Crippen LogP contribution is 2.24. The number of hydrogen-bond acceptors (Lipinski definition) is 1. The first-order chi connectivity index (χ1) is 7.34. The Balaban J connectivity index is 3.09. The van der Waals surface area contributed by atoms with Gasteiger partial charge in [-0.15, -0.1) is 6.58 Å². The Bertz CT molecular complexity index is 397. The fourth-order valence-electron chi connectivity index (χ4n) is 1.50. The molecule has 0 fully saturated rings. The van der Waals surface area contributed by atoms with E-state index in [-0.39, 0.29) is 11.4 Å². The summed E-state index contributed by atoms with van der Waals surface area (Å²) < 4.78 is 2.11. The van der Waals surface area contributed by atoms with Crippen molar-refractivity contribution in [2.24, 2.45) is 0 Å². The first-order valence-electron chi connectivity index (χ1n) is 5.44. The van der Waals surface area contributed by atoms with Crippen molar-refractivity contribution in [1.82, 2.24) is 4.57 Å². The third-order valence-electron chi connectivity index (χ3n) is 2.36. The van der Waals surface area contributed by atoms with Crippen LogP contribution < -0.4 is 5.32 Å². The fourth-order valence-corrected chi connectivity index (χ4v) is 1.50. The van der Waals surface area contributed by atoms with Gasteiger partial charge in [0.2, 0.25) is 5.91 Å². The molecule has 0 aromatic carbocycles. The molecular weight excluding hydrogens is 200 g/mol. The predicted octanol–water partition coefficient (Wildman–Crippen LogP) is 2.93. The Morgan fingerprint density at radius 1 is 1.50 bits per heavy atom. The second kappa shape index (κ2) is 4.56. The molecule has 3 heteroatoms. The Kier molecular flexibility index (Phi) is 3.58. The Hall–Kier alpha value is -1.51. The average Bonchev–Trinajstić information content (AvgIpc) is 2.47. The van der Waals surface area contributed by atoms with Crippen LogP contribution in [-0.4, -0.2) is 10.5 Å². The molecule has 1 aromatic heterocycles. The third kappa shape index (κ3) is 2.99. The molecule has 0 spiro atoms. The molecule has 0 aliphatic rings. The molecular formula is C13H20N2O. The van der Waals surface area contributed by atoms with Crippen molar-refractivity contribution in [1.29, 1.82) is 0 Å². The summed E-state index contributed by atoms with van der Waals surface area (Å²) in [5, 5.41) is 2.84. The number of carbonyl (C=O) groups is 1. The highest BCUT2D eigenvalue weighted by molar-refractivity contribution is 5.89. The van der Waals surface area contributed by atoms with E-state index < -0.39 is 0 Å². The SMILES string of the molecule is C=CCc1cn(C(C)(C)C)cc1NC(C)=O. The highest BCUT2D eigenvalue weighted by Gasteiger charge is 2.15. The Labute approximate surface area is 97.2 Å². The monoisotopic (exact) mass is 220 g/mol. The molecule has 1 N–H and O–H groups in total. The van der Waals surface area contributed by atoms with E-state index in [0.29, 0.717) is 0 Å². The third-order valence-corrected chi connectivity index (χ3v) is 2.36. The molecule has 3 nitrogen and oxygen atoms in total. The topological polar surface area (TPSA) is 34.0 Å². The molecule has 1 rings (SSSR count). The number of aromatic nitrogens is 1. The van der Waals surface area contributed by atoms with Gasteiger partial charge in [-0.25, -0.2) is 0 Å². The number of rotatable bonds is 3. The molecule has 1 heterocycles. The van der Waals surface area contributed by atoms with Crippen LogP contribution in [0, 0.1) is 0 Å². The molecule has 0 atom stereocenters. The molecule has 0 aliphatic carbocycles. The number of nitrogens with zero attached hydrogens (tertiary/aromatic N) is 1. The van der Waals surface area contributed by atoms with Crippen LogP contribution in [0.15, 0.2) is 25.0 Å². The average molecular weight is 220 g/mol. The van der Waals surface area contributed by atoms with Crippen LogP contribution in [0.5, 0.6) is 0 Å². The summed E-state index contributed by atoms with van der Waals surface area (Å²) in [7, 11) is 0. The van der Waals surface area contributed by atoms with E-state index in [9.17, 15) is 4.79 Å². The molecule has 1 amide bonds. The van der Waals surface area contributed by atoms with Crippen LogP contribution in [0.2, 0.25) is 0 Å². The van der Waals surface area contributed by atoms with Gasteiger partial charge in [-0.1, -0.05) is 6.08 Å². The van der Waals surface area contributed by atoms with Crippen LogP contribution >= 0.6 is 0 Å². The van der Waals surface area contributed by atoms with Crippen LogP contribution in [0.3, 0.4) is 0 Å². The highest BCUT2D eigenvalue weighted by atomic mass is 16.1. The minimum atomic E-state index is -0.0445. The van der Waals surface area contributed by atoms with Crippen molar-refractivity contribution in [2.45, 2.75) is 39.7 Å². The standard InChI is InChI=1S/C13H20N2O/c1-6-7-11-8-15(13(3,4)5)9-12(11)14-10(2)16/h6,8-9H,1,7H2,2-5H3,(H,14,16). The summed E-state index contributed by atoms with van der Waals surface area (Å²) >= 11 is 0. The zero-order valence-electron chi connectivity index (χ0n) is 10.5. The van der Waals surface area contributed by atoms with Crippen molar-refractivity contribution >= 4 is 11.6 Å². The molecule has 88 valence electrons. The van der Waals surface area contributed by atoms with E-state index in [1.807, 2.05) is 12.3 Å². The zero-order valence-corrected chi connectivity index (χ0v) is 10.5. The minimum absolute atomic E-state index is 0.0205. The lowest BCUT2D eigenvalue weighted by Crippen LogP contribution is -2.19. The number of amides is 1. The van der Waals surface area contributed by atoms with E-state index in [0.717, 1.165) is 17.7 Å². The summed E-state index contributed by atoms with van der Waals surface area (Å²) in [5.74, 6) is -0.0445. The molecule has 0 bridgehead atoms. The van der Waals surface area contributed by atoms with E-state index in [1.54, 1.807) is 0 Å². The largest absolute Gasteiger partial charge is 0.347 e. The molecule has 0 unspecified atom stereocenters. The second-order valence-electron chi connectivity index (χ2n) is 4.95. The van der Waals surface area contributed by atoms with Gasteiger partial charge < -0.3 is 9.88 Å². The van der Waals surface area contributed by atoms with Gasteiger partial charge >= 0.3 is 0 Å². The number of hydrogen-bond donors (Lipinski definition) is 1. The maximum absolute atomic E-state index is 11.1. The number of nitrogens with one attached hydrogen (secondary N) is 1. The number of allylic oxidation sites excluding steroid dienone is 1. The van der Waals surface area contributed by atoms with E-state index >= 15 is 0 Å².